The summed E-state index contributed by atoms with van der Waals surface area (Å²) in [6.45, 7) is 0. The molecule has 0 N–H and O–H groups in total. The Morgan fingerprint density at radius 1 is 1.03 bits per heavy atom. The molecular formula is C22H11Cl2FO4. The fourth-order valence-electron chi connectivity index (χ4n) is 2.78. The standard InChI is InChI=1S/C22H11Cl2FO4/c23-13-6-5-12(17(24)10-13)9-20-21(26)16-8-7-14(11-19(16)29-20)28-22(27)15-3-1-2-4-18(15)25/h1-11H/b20-9-. The van der Waals surface area contributed by atoms with E-state index in [1.54, 1.807) is 18.2 Å². The van der Waals surface area contributed by atoms with Crippen LogP contribution in [-0.4, -0.2) is 11.8 Å². The molecule has 0 bridgehead atoms. The number of hydrogen-bond donors (Lipinski definition) is 0. The molecule has 0 saturated heterocycles. The molecule has 0 fully saturated rings. The van der Waals surface area contributed by atoms with Crippen LogP contribution in [0.3, 0.4) is 0 Å². The molecule has 4 rings (SSSR count). The van der Waals surface area contributed by atoms with Gasteiger partial charge in [0.2, 0.25) is 5.78 Å². The Kier molecular flexibility index (Phi) is 5.09. The first-order valence-corrected chi connectivity index (χ1v) is 9.18. The zero-order valence-electron chi connectivity index (χ0n) is 14.6. The quantitative estimate of drug-likeness (QED) is 0.293. The predicted octanol–water partition coefficient (Wildman–Crippen LogP) is 5.97. The third kappa shape index (κ3) is 3.88. The minimum absolute atomic E-state index is 0.0711. The van der Waals surface area contributed by atoms with Crippen LogP contribution in [-0.2, 0) is 0 Å². The van der Waals surface area contributed by atoms with E-state index in [4.69, 9.17) is 32.7 Å². The number of rotatable bonds is 3. The van der Waals surface area contributed by atoms with Crippen molar-refractivity contribution < 1.29 is 23.5 Å². The van der Waals surface area contributed by atoms with Gasteiger partial charge in [0.1, 0.15) is 17.3 Å². The first-order valence-electron chi connectivity index (χ1n) is 8.42. The van der Waals surface area contributed by atoms with Crippen molar-refractivity contribution in [2.45, 2.75) is 0 Å². The van der Waals surface area contributed by atoms with Crippen LogP contribution in [0.2, 0.25) is 10.0 Å². The monoisotopic (exact) mass is 428 g/mol. The Balaban J connectivity index is 1.58. The number of benzene rings is 3. The molecule has 1 aliphatic rings. The molecule has 144 valence electrons. The summed E-state index contributed by atoms with van der Waals surface area (Å²) >= 11 is 12.0. The van der Waals surface area contributed by atoms with Crippen molar-refractivity contribution in [1.82, 2.24) is 0 Å². The summed E-state index contributed by atoms with van der Waals surface area (Å²) in [6.07, 6.45) is 1.51. The third-order valence-electron chi connectivity index (χ3n) is 4.19. The smallest absolute Gasteiger partial charge is 0.346 e. The van der Waals surface area contributed by atoms with Crippen LogP contribution in [0, 0.1) is 5.82 Å². The lowest BCUT2D eigenvalue weighted by molar-refractivity contribution is 0.0729. The van der Waals surface area contributed by atoms with E-state index >= 15 is 0 Å². The molecular weight excluding hydrogens is 418 g/mol. The van der Waals surface area contributed by atoms with E-state index in [1.165, 1.54) is 48.5 Å². The van der Waals surface area contributed by atoms with E-state index in [-0.39, 0.29) is 28.6 Å². The topological polar surface area (TPSA) is 52.6 Å². The van der Waals surface area contributed by atoms with Gasteiger partial charge in [0.05, 0.1) is 11.1 Å². The molecule has 0 amide bonds. The SMILES string of the molecule is O=C(Oc1ccc2c(c1)O/C(=C\c1ccc(Cl)cc1Cl)C2=O)c1ccccc1F. The second kappa shape index (κ2) is 7.70. The minimum atomic E-state index is -0.851. The average Bonchev–Trinajstić information content (AvgIpc) is 2.99. The summed E-state index contributed by atoms with van der Waals surface area (Å²) in [7, 11) is 0. The number of ether oxygens (including phenoxy) is 2. The van der Waals surface area contributed by atoms with Gasteiger partial charge in [-0.15, -0.1) is 0 Å². The summed E-state index contributed by atoms with van der Waals surface area (Å²) in [5.41, 5.74) is 0.688. The van der Waals surface area contributed by atoms with Gasteiger partial charge in [-0.05, 0) is 48.0 Å². The summed E-state index contributed by atoms with van der Waals surface area (Å²) in [6, 6.07) is 14.7. The number of halogens is 3. The van der Waals surface area contributed by atoms with Gasteiger partial charge in [-0.2, -0.15) is 0 Å². The fourth-order valence-corrected chi connectivity index (χ4v) is 3.24. The van der Waals surface area contributed by atoms with E-state index in [9.17, 15) is 14.0 Å². The first-order chi connectivity index (χ1) is 13.9. The zero-order chi connectivity index (χ0) is 20.5. The number of allylic oxidation sites excluding steroid dienone is 1. The largest absolute Gasteiger partial charge is 0.452 e. The van der Waals surface area contributed by atoms with Crippen LogP contribution in [0.1, 0.15) is 26.3 Å². The van der Waals surface area contributed by atoms with E-state index in [0.717, 1.165) is 0 Å². The number of carbonyl (C=O) groups is 2. The highest BCUT2D eigenvalue weighted by atomic mass is 35.5. The molecule has 0 unspecified atom stereocenters. The van der Waals surface area contributed by atoms with E-state index in [0.29, 0.717) is 21.2 Å². The highest BCUT2D eigenvalue weighted by Gasteiger charge is 2.28. The molecule has 7 heteroatoms. The second-order valence-corrected chi connectivity index (χ2v) is 6.98. The maximum absolute atomic E-state index is 13.7. The Labute approximate surface area is 175 Å². The number of Topliss-reactive ketones (excluding diaryl/α,β-unsaturated/α-hetero) is 1. The first kappa shape index (κ1) is 19.2. The minimum Gasteiger partial charge on any atom is -0.452 e. The van der Waals surface area contributed by atoms with Crippen LogP contribution in [0.5, 0.6) is 11.5 Å². The molecule has 0 spiro atoms. The van der Waals surface area contributed by atoms with Gasteiger partial charge >= 0.3 is 5.97 Å². The highest BCUT2D eigenvalue weighted by Crippen LogP contribution is 2.36. The van der Waals surface area contributed by atoms with Crippen molar-refractivity contribution >= 4 is 41.0 Å². The zero-order valence-corrected chi connectivity index (χ0v) is 16.1. The van der Waals surface area contributed by atoms with Gasteiger partial charge in [0, 0.05) is 16.1 Å². The van der Waals surface area contributed by atoms with Crippen molar-refractivity contribution in [3.63, 3.8) is 0 Å². The van der Waals surface area contributed by atoms with Crippen LogP contribution < -0.4 is 9.47 Å². The number of esters is 1. The Morgan fingerprint density at radius 3 is 2.59 bits per heavy atom. The Morgan fingerprint density at radius 2 is 1.83 bits per heavy atom. The normalized spacial score (nSPS) is 13.9. The van der Waals surface area contributed by atoms with Crippen molar-refractivity contribution in [2.75, 3.05) is 0 Å². The molecule has 29 heavy (non-hydrogen) atoms. The number of carbonyl (C=O) groups excluding carboxylic acids is 2. The molecule has 4 nitrogen and oxygen atoms in total. The van der Waals surface area contributed by atoms with Crippen molar-refractivity contribution in [3.8, 4) is 11.5 Å². The summed E-state index contributed by atoms with van der Waals surface area (Å²) in [4.78, 5) is 24.7. The maximum Gasteiger partial charge on any atom is 0.346 e. The van der Waals surface area contributed by atoms with Gasteiger partial charge in [-0.1, -0.05) is 41.4 Å². The lowest BCUT2D eigenvalue weighted by Crippen LogP contribution is -2.10. The molecule has 1 aliphatic heterocycles. The van der Waals surface area contributed by atoms with Crippen molar-refractivity contribution in [3.05, 3.63) is 99.0 Å². The van der Waals surface area contributed by atoms with E-state index < -0.39 is 11.8 Å². The van der Waals surface area contributed by atoms with E-state index in [1.807, 2.05) is 0 Å². The molecule has 3 aromatic carbocycles. The number of hydrogen-bond acceptors (Lipinski definition) is 4. The van der Waals surface area contributed by atoms with Crippen LogP contribution in [0.25, 0.3) is 6.08 Å². The van der Waals surface area contributed by atoms with Crippen LogP contribution in [0.15, 0.2) is 66.4 Å². The highest BCUT2D eigenvalue weighted by molar-refractivity contribution is 6.35. The maximum atomic E-state index is 13.7. The summed E-state index contributed by atoms with van der Waals surface area (Å²) in [5.74, 6) is -1.45. The predicted molar refractivity (Wildman–Crippen MR) is 107 cm³/mol. The van der Waals surface area contributed by atoms with Gasteiger partial charge in [-0.3, -0.25) is 4.79 Å². The van der Waals surface area contributed by atoms with Gasteiger partial charge < -0.3 is 9.47 Å². The fraction of sp³-hybridized carbons (Fsp3) is 0. The lowest BCUT2D eigenvalue weighted by Gasteiger charge is -2.06. The Hall–Kier alpha value is -3.15. The second-order valence-electron chi connectivity index (χ2n) is 6.13. The van der Waals surface area contributed by atoms with E-state index in [2.05, 4.69) is 0 Å². The summed E-state index contributed by atoms with van der Waals surface area (Å²) < 4.78 is 24.5. The van der Waals surface area contributed by atoms with Crippen molar-refractivity contribution in [2.24, 2.45) is 0 Å². The molecule has 0 aliphatic carbocycles. The third-order valence-corrected chi connectivity index (χ3v) is 4.76. The molecule has 1 heterocycles. The van der Waals surface area contributed by atoms with Gasteiger partial charge in [0.15, 0.2) is 5.76 Å². The summed E-state index contributed by atoms with van der Waals surface area (Å²) in [5, 5.41) is 0.845. The van der Waals surface area contributed by atoms with Crippen molar-refractivity contribution in [1.29, 1.82) is 0 Å². The molecule has 0 radical (unpaired) electrons. The lowest BCUT2D eigenvalue weighted by atomic mass is 10.1. The van der Waals surface area contributed by atoms with Crippen LogP contribution in [0.4, 0.5) is 4.39 Å². The molecule has 3 aromatic rings. The average molecular weight is 429 g/mol. The van der Waals surface area contributed by atoms with Gasteiger partial charge in [-0.25, -0.2) is 9.18 Å². The van der Waals surface area contributed by atoms with Crippen LogP contribution >= 0.6 is 23.2 Å². The molecule has 0 saturated carbocycles. The molecule has 0 aromatic heterocycles. The Bertz CT molecular complexity index is 1190. The number of fused-ring (bicyclic) bond motifs is 1. The van der Waals surface area contributed by atoms with Gasteiger partial charge in [0.25, 0.3) is 0 Å². The number of ketones is 1. The molecule has 0 atom stereocenters.